The van der Waals surface area contributed by atoms with Crippen LogP contribution < -0.4 is 0 Å². The second-order valence-electron chi connectivity index (χ2n) is 18.9. The summed E-state index contributed by atoms with van der Waals surface area (Å²) in [6.45, 7) is 6.57. The molecule has 0 bridgehead atoms. The fourth-order valence-electron chi connectivity index (χ4n) is 7.95. The van der Waals surface area contributed by atoms with Gasteiger partial charge in [0.15, 0.2) is 6.10 Å². The van der Waals surface area contributed by atoms with Crippen molar-refractivity contribution < 1.29 is 28.6 Å². The molecule has 0 aromatic rings. The van der Waals surface area contributed by atoms with E-state index < -0.39 is 6.10 Å². The molecule has 0 fully saturated rings. The first kappa shape index (κ1) is 63.1. The highest BCUT2D eigenvalue weighted by molar-refractivity contribution is 5.71. The van der Waals surface area contributed by atoms with E-state index in [0.717, 1.165) is 70.6 Å². The Kier molecular flexibility index (Phi) is 52.3. The molecule has 6 heteroatoms. The quantitative estimate of drug-likeness (QED) is 0.0199. The standard InChI is InChI=1S/C60H106O6/c1-4-7-10-13-16-19-22-25-27-29-31-32-35-38-41-44-47-50-53-59(62)65-56-57(55-64-58(61)52-49-46-43-40-37-34-24-21-18-15-12-9-6-3)66-60(63)54-51-48-45-42-39-36-33-30-28-26-23-20-17-14-11-8-5-2/h26-29,31-32,34,37,43,46,57H,4-25,30,33,35-36,38-42,44-45,47-56H2,1-3H3/b28-26-,29-27-,32-31-,37-34-,46-43-. The zero-order valence-electron chi connectivity index (χ0n) is 43.7. The number of allylic oxidation sites excluding steroid dienone is 10. The van der Waals surface area contributed by atoms with Crippen LogP contribution in [-0.4, -0.2) is 37.2 Å². The smallest absolute Gasteiger partial charge is 0.306 e. The predicted octanol–water partition coefficient (Wildman–Crippen LogP) is 18.8. The van der Waals surface area contributed by atoms with E-state index in [1.165, 1.54) is 167 Å². The van der Waals surface area contributed by atoms with Gasteiger partial charge in [-0.1, -0.05) is 236 Å². The third kappa shape index (κ3) is 52.1. The van der Waals surface area contributed by atoms with E-state index in [0.29, 0.717) is 19.3 Å². The molecule has 0 aromatic carbocycles. The Labute approximate surface area is 409 Å². The third-order valence-corrected chi connectivity index (χ3v) is 12.3. The van der Waals surface area contributed by atoms with Crippen molar-refractivity contribution in [1.82, 2.24) is 0 Å². The largest absolute Gasteiger partial charge is 0.462 e. The van der Waals surface area contributed by atoms with Gasteiger partial charge in [-0.15, -0.1) is 0 Å². The second-order valence-corrected chi connectivity index (χ2v) is 18.9. The molecule has 1 atom stereocenters. The van der Waals surface area contributed by atoms with Crippen LogP contribution in [0.25, 0.3) is 0 Å². The maximum Gasteiger partial charge on any atom is 0.306 e. The van der Waals surface area contributed by atoms with Gasteiger partial charge in [-0.3, -0.25) is 14.4 Å². The summed E-state index contributed by atoms with van der Waals surface area (Å²) >= 11 is 0. The van der Waals surface area contributed by atoms with Crippen LogP contribution in [0.4, 0.5) is 0 Å². The summed E-state index contributed by atoms with van der Waals surface area (Å²) in [5, 5.41) is 0. The SMILES string of the molecule is CCCCCCCC/C=C\C/C=C\CCC(=O)OCC(COC(=O)CCCCCCC/C=C\C=C/CCCCCCCCC)OC(=O)CCCCCCCCC/C=C\CCCCCCCC. The van der Waals surface area contributed by atoms with Crippen LogP contribution in [0.2, 0.25) is 0 Å². The van der Waals surface area contributed by atoms with Gasteiger partial charge in [0.1, 0.15) is 13.2 Å². The highest BCUT2D eigenvalue weighted by Gasteiger charge is 2.19. The molecule has 66 heavy (non-hydrogen) atoms. The minimum absolute atomic E-state index is 0.100. The molecule has 0 aliphatic heterocycles. The first-order chi connectivity index (χ1) is 32.5. The lowest BCUT2D eigenvalue weighted by Crippen LogP contribution is -2.30. The molecular weight excluding hydrogens is 817 g/mol. The minimum atomic E-state index is -0.805. The van der Waals surface area contributed by atoms with Gasteiger partial charge in [0.25, 0.3) is 0 Å². The summed E-state index contributed by atoms with van der Waals surface area (Å²) < 4.78 is 16.8. The molecule has 0 rings (SSSR count). The number of ether oxygens (including phenoxy) is 3. The molecule has 0 aromatic heterocycles. The molecule has 0 spiro atoms. The van der Waals surface area contributed by atoms with Crippen molar-refractivity contribution in [2.24, 2.45) is 0 Å². The molecule has 0 N–H and O–H groups in total. The predicted molar refractivity (Wildman–Crippen MR) is 284 cm³/mol. The topological polar surface area (TPSA) is 78.9 Å². The van der Waals surface area contributed by atoms with Gasteiger partial charge in [-0.25, -0.2) is 0 Å². The van der Waals surface area contributed by atoms with Crippen LogP contribution in [0.1, 0.15) is 284 Å². The Bertz CT molecular complexity index is 1200. The van der Waals surface area contributed by atoms with Crippen molar-refractivity contribution >= 4 is 17.9 Å². The first-order valence-electron chi connectivity index (χ1n) is 28.3. The molecule has 1 unspecified atom stereocenters. The lowest BCUT2D eigenvalue weighted by atomic mass is 10.1. The molecule has 0 radical (unpaired) electrons. The van der Waals surface area contributed by atoms with E-state index >= 15 is 0 Å². The number of esters is 3. The molecule has 0 saturated heterocycles. The molecule has 6 nitrogen and oxygen atoms in total. The Morgan fingerprint density at radius 3 is 1.03 bits per heavy atom. The average Bonchev–Trinajstić information content (AvgIpc) is 3.31. The second kappa shape index (κ2) is 54.7. The minimum Gasteiger partial charge on any atom is -0.462 e. The van der Waals surface area contributed by atoms with Crippen LogP contribution in [0.3, 0.4) is 0 Å². The van der Waals surface area contributed by atoms with Crippen LogP contribution in [0.5, 0.6) is 0 Å². The zero-order valence-corrected chi connectivity index (χ0v) is 43.7. The van der Waals surface area contributed by atoms with Crippen molar-refractivity contribution in [1.29, 1.82) is 0 Å². The van der Waals surface area contributed by atoms with Gasteiger partial charge in [0, 0.05) is 19.3 Å². The molecule has 0 amide bonds. The Morgan fingerprint density at radius 1 is 0.318 bits per heavy atom. The van der Waals surface area contributed by atoms with E-state index in [1.54, 1.807) is 0 Å². The third-order valence-electron chi connectivity index (χ3n) is 12.3. The molecule has 0 aliphatic rings. The van der Waals surface area contributed by atoms with E-state index in [2.05, 4.69) is 75.5 Å². The van der Waals surface area contributed by atoms with Crippen LogP contribution >= 0.6 is 0 Å². The van der Waals surface area contributed by atoms with E-state index in [-0.39, 0.29) is 37.5 Å². The molecule has 0 aliphatic carbocycles. The molecular formula is C60H106O6. The van der Waals surface area contributed by atoms with Crippen molar-refractivity contribution in [3.63, 3.8) is 0 Å². The summed E-state index contributed by atoms with van der Waals surface area (Å²) in [5.74, 6) is -0.980. The fraction of sp³-hybridized carbons (Fsp3) is 0.783. The number of hydrogen-bond acceptors (Lipinski definition) is 6. The van der Waals surface area contributed by atoms with Crippen LogP contribution in [-0.2, 0) is 28.6 Å². The van der Waals surface area contributed by atoms with Gasteiger partial charge in [-0.2, -0.15) is 0 Å². The molecule has 0 heterocycles. The highest BCUT2D eigenvalue weighted by atomic mass is 16.6. The Balaban J connectivity index is 4.44. The van der Waals surface area contributed by atoms with Crippen molar-refractivity contribution in [3.8, 4) is 0 Å². The summed E-state index contributed by atoms with van der Waals surface area (Å²) in [4.78, 5) is 38.1. The maximum absolute atomic E-state index is 12.8. The van der Waals surface area contributed by atoms with Crippen molar-refractivity contribution in [2.45, 2.75) is 290 Å². The Hall–Kier alpha value is -2.89. The summed E-state index contributed by atoms with van der Waals surface area (Å²) in [7, 11) is 0. The molecule has 0 saturated carbocycles. The number of hydrogen-bond donors (Lipinski definition) is 0. The summed E-state index contributed by atoms with van der Waals surface area (Å²) in [6, 6.07) is 0. The lowest BCUT2D eigenvalue weighted by molar-refractivity contribution is -0.166. The highest BCUT2D eigenvalue weighted by Crippen LogP contribution is 2.14. The fourth-order valence-corrected chi connectivity index (χ4v) is 7.95. The number of carbonyl (C=O) groups excluding carboxylic acids is 3. The maximum atomic E-state index is 12.8. The molecule has 382 valence electrons. The van der Waals surface area contributed by atoms with Crippen molar-refractivity contribution in [3.05, 3.63) is 60.8 Å². The van der Waals surface area contributed by atoms with Crippen LogP contribution in [0.15, 0.2) is 60.8 Å². The Morgan fingerprint density at radius 2 is 0.621 bits per heavy atom. The van der Waals surface area contributed by atoms with Gasteiger partial charge in [0.2, 0.25) is 0 Å². The number of unbranched alkanes of at least 4 members (excludes halogenated alkanes) is 31. The monoisotopic (exact) mass is 923 g/mol. The zero-order chi connectivity index (χ0) is 47.9. The average molecular weight is 924 g/mol. The van der Waals surface area contributed by atoms with Gasteiger partial charge >= 0.3 is 17.9 Å². The van der Waals surface area contributed by atoms with E-state index in [4.69, 9.17) is 14.2 Å². The van der Waals surface area contributed by atoms with Gasteiger partial charge in [-0.05, 0) is 89.9 Å². The summed E-state index contributed by atoms with van der Waals surface area (Å²) in [5.41, 5.74) is 0. The number of carbonyl (C=O) groups is 3. The van der Waals surface area contributed by atoms with Crippen LogP contribution in [0, 0.1) is 0 Å². The lowest BCUT2D eigenvalue weighted by Gasteiger charge is -2.18. The summed E-state index contributed by atoms with van der Waals surface area (Å²) in [6.07, 6.45) is 67.9. The van der Waals surface area contributed by atoms with Crippen molar-refractivity contribution in [2.75, 3.05) is 13.2 Å². The van der Waals surface area contributed by atoms with E-state index in [1.807, 2.05) is 6.08 Å². The normalized spacial score (nSPS) is 12.5. The number of rotatable bonds is 51. The van der Waals surface area contributed by atoms with E-state index in [9.17, 15) is 14.4 Å². The first-order valence-corrected chi connectivity index (χ1v) is 28.3. The van der Waals surface area contributed by atoms with Gasteiger partial charge < -0.3 is 14.2 Å². The van der Waals surface area contributed by atoms with Gasteiger partial charge in [0.05, 0.1) is 0 Å².